The lowest BCUT2D eigenvalue weighted by atomic mass is 9.99. The Bertz CT molecular complexity index is 837. The number of carbonyl (C=O) groups is 1. The average molecular weight is 391 g/mol. The van der Waals surface area contributed by atoms with Gasteiger partial charge in [0.15, 0.2) is 0 Å². The molecular weight excluding hydrogens is 364 g/mol. The molecule has 2 rings (SSSR count). The molecule has 1 heterocycles. The fraction of sp³-hybridized carbons (Fsp3) is 0.368. The second-order valence-corrected chi connectivity index (χ2v) is 8.34. The molecule has 1 unspecified atom stereocenters. The third-order valence-electron chi connectivity index (χ3n) is 4.14. The van der Waals surface area contributed by atoms with E-state index in [4.69, 9.17) is 5.73 Å². The van der Waals surface area contributed by atoms with Gasteiger partial charge < -0.3 is 11.1 Å². The fourth-order valence-electron chi connectivity index (χ4n) is 2.45. The maximum Gasteiger partial charge on any atom is 0.242 e. The summed E-state index contributed by atoms with van der Waals surface area (Å²) in [6.45, 7) is 4.53. The van der Waals surface area contributed by atoms with Crippen LogP contribution in [0.25, 0.3) is 0 Å². The SMILES string of the molecule is CC(C)c1ccc(C(N)CNC(=O)CCNS(=O)(=O)c2cccnc2)cc1. The molecule has 1 aromatic heterocycles. The van der Waals surface area contributed by atoms with Gasteiger partial charge in [0.25, 0.3) is 0 Å². The summed E-state index contributed by atoms with van der Waals surface area (Å²) in [4.78, 5) is 15.8. The van der Waals surface area contributed by atoms with Crippen molar-refractivity contribution in [1.29, 1.82) is 0 Å². The van der Waals surface area contributed by atoms with Gasteiger partial charge in [0, 0.05) is 37.9 Å². The molecule has 0 radical (unpaired) electrons. The molecular formula is C19H26N4O3S. The number of aromatic nitrogens is 1. The fourth-order valence-corrected chi connectivity index (χ4v) is 3.44. The number of hydrogen-bond donors (Lipinski definition) is 3. The molecule has 0 aliphatic rings. The van der Waals surface area contributed by atoms with Crippen LogP contribution < -0.4 is 15.8 Å². The van der Waals surface area contributed by atoms with Gasteiger partial charge in [-0.05, 0) is 29.2 Å². The van der Waals surface area contributed by atoms with E-state index in [1.807, 2.05) is 24.3 Å². The lowest BCUT2D eigenvalue weighted by Crippen LogP contribution is -2.34. The molecule has 1 aromatic carbocycles. The average Bonchev–Trinajstić information content (AvgIpc) is 2.66. The van der Waals surface area contributed by atoms with Crippen molar-refractivity contribution in [2.24, 2.45) is 5.73 Å². The summed E-state index contributed by atoms with van der Waals surface area (Å²) in [7, 11) is -3.66. The van der Waals surface area contributed by atoms with Crippen LogP contribution in [0.4, 0.5) is 0 Å². The Morgan fingerprint density at radius 1 is 1.15 bits per heavy atom. The van der Waals surface area contributed by atoms with Crippen LogP contribution in [-0.4, -0.2) is 32.4 Å². The van der Waals surface area contributed by atoms with Crippen LogP contribution in [0.1, 0.15) is 43.4 Å². The molecule has 0 fully saturated rings. The summed E-state index contributed by atoms with van der Waals surface area (Å²) in [5.41, 5.74) is 8.28. The Morgan fingerprint density at radius 3 is 2.41 bits per heavy atom. The van der Waals surface area contributed by atoms with Crippen LogP contribution in [0.3, 0.4) is 0 Å². The first-order valence-corrected chi connectivity index (χ1v) is 10.3. The van der Waals surface area contributed by atoms with E-state index in [9.17, 15) is 13.2 Å². The number of benzene rings is 1. The molecule has 0 saturated heterocycles. The van der Waals surface area contributed by atoms with Gasteiger partial charge in [0.05, 0.1) is 0 Å². The highest BCUT2D eigenvalue weighted by atomic mass is 32.2. The number of nitrogens with one attached hydrogen (secondary N) is 2. The van der Waals surface area contributed by atoms with Gasteiger partial charge in [-0.25, -0.2) is 13.1 Å². The Balaban J connectivity index is 1.76. The predicted molar refractivity (Wildman–Crippen MR) is 105 cm³/mol. The first-order chi connectivity index (χ1) is 12.8. The first kappa shape index (κ1) is 21.0. The van der Waals surface area contributed by atoms with Crippen LogP contribution in [0.5, 0.6) is 0 Å². The lowest BCUT2D eigenvalue weighted by Gasteiger charge is -2.15. The van der Waals surface area contributed by atoms with E-state index in [1.54, 1.807) is 0 Å². The second-order valence-electron chi connectivity index (χ2n) is 6.57. The van der Waals surface area contributed by atoms with Gasteiger partial charge in [-0.2, -0.15) is 0 Å². The van der Waals surface area contributed by atoms with E-state index in [0.717, 1.165) is 5.56 Å². The molecule has 146 valence electrons. The standard InChI is InChI=1S/C19H26N4O3S/c1-14(2)15-5-7-16(8-6-15)18(20)13-22-19(24)9-11-23-27(25,26)17-4-3-10-21-12-17/h3-8,10,12,14,18,23H,9,11,13,20H2,1-2H3,(H,22,24). The van der Waals surface area contributed by atoms with Crippen LogP contribution in [-0.2, 0) is 14.8 Å². The largest absolute Gasteiger partial charge is 0.354 e. The van der Waals surface area contributed by atoms with Gasteiger partial charge >= 0.3 is 0 Å². The quantitative estimate of drug-likeness (QED) is 0.603. The van der Waals surface area contributed by atoms with Crippen molar-refractivity contribution in [2.45, 2.75) is 37.1 Å². The summed E-state index contributed by atoms with van der Waals surface area (Å²) >= 11 is 0. The normalized spacial score (nSPS) is 12.7. The van der Waals surface area contributed by atoms with E-state index >= 15 is 0 Å². The molecule has 1 atom stereocenters. The monoisotopic (exact) mass is 390 g/mol. The first-order valence-electron chi connectivity index (χ1n) is 8.81. The maximum atomic E-state index is 12.0. The zero-order valence-electron chi connectivity index (χ0n) is 15.6. The molecule has 27 heavy (non-hydrogen) atoms. The van der Waals surface area contributed by atoms with Gasteiger partial charge in [-0.15, -0.1) is 0 Å². The minimum atomic E-state index is -3.66. The summed E-state index contributed by atoms with van der Waals surface area (Å²) < 4.78 is 26.5. The van der Waals surface area contributed by atoms with Crippen molar-refractivity contribution in [3.05, 3.63) is 59.9 Å². The van der Waals surface area contributed by atoms with Crippen LogP contribution in [0, 0.1) is 0 Å². The van der Waals surface area contributed by atoms with Crippen molar-refractivity contribution in [1.82, 2.24) is 15.0 Å². The Kier molecular flexibility index (Phi) is 7.46. The van der Waals surface area contributed by atoms with Gasteiger partial charge in [-0.1, -0.05) is 38.1 Å². The van der Waals surface area contributed by atoms with Crippen molar-refractivity contribution in [3.63, 3.8) is 0 Å². The van der Waals surface area contributed by atoms with Gasteiger partial charge in [-0.3, -0.25) is 9.78 Å². The topological polar surface area (TPSA) is 114 Å². The molecule has 0 aliphatic carbocycles. The molecule has 1 amide bonds. The van der Waals surface area contributed by atoms with E-state index < -0.39 is 10.0 Å². The van der Waals surface area contributed by atoms with Crippen LogP contribution >= 0.6 is 0 Å². The molecule has 4 N–H and O–H groups in total. The number of sulfonamides is 1. The highest BCUT2D eigenvalue weighted by Crippen LogP contribution is 2.17. The minimum absolute atomic E-state index is 0.00137. The number of nitrogens with two attached hydrogens (primary N) is 1. The van der Waals surface area contributed by atoms with Crippen LogP contribution in [0.2, 0.25) is 0 Å². The summed E-state index contributed by atoms with van der Waals surface area (Å²) in [5.74, 6) is 0.184. The van der Waals surface area contributed by atoms with Crippen molar-refractivity contribution >= 4 is 15.9 Å². The molecule has 2 aromatic rings. The number of rotatable bonds is 9. The van der Waals surface area contributed by atoms with E-state index in [1.165, 1.54) is 30.1 Å². The van der Waals surface area contributed by atoms with Crippen LogP contribution in [0.15, 0.2) is 53.7 Å². The zero-order chi connectivity index (χ0) is 19.9. The molecule has 7 nitrogen and oxygen atoms in total. The van der Waals surface area contributed by atoms with E-state index in [0.29, 0.717) is 5.92 Å². The number of nitrogens with zero attached hydrogens (tertiary/aromatic N) is 1. The van der Waals surface area contributed by atoms with E-state index in [2.05, 4.69) is 28.9 Å². The number of amides is 1. The minimum Gasteiger partial charge on any atom is -0.354 e. The molecule has 8 heteroatoms. The number of pyridine rings is 1. The third kappa shape index (κ3) is 6.42. The lowest BCUT2D eigenvalue weighted by molar-refractivity contribution is -0.121. The smallest absolute Gasteiger partial charge is 0.242 e. The summed E-state index contributed by atoms with van der Waals surface area (Å²) in [5, 5.41) is 2.73. The molecule has 0 bridgehead atoms. The maximum absolute atomic E-state index is 12.0. The van der Waals surface area contributed by atoms with E-state index in [-0.39, 0.29) is 36.4 Å². The highest BCUT2D eigenvalue weighted by Gasteiger charge is 2.14. The third-order valence-corrected chi connectivity index (χ3v) is 5.59. The Labute approximate surface area is 160 Å². The molecule has 0 spiro atoms. The molecule has 0 saturated carbocycles. The number of hydrogen-bond acceptors (Lipinski definition) is 5. The van der Waals surface area contributed by atoms with Crippen molar-refractivity contribution in [3.8, 4) is 0 Å². The van der Waals surface area contributed by atoms with Gasteiger partial charge in [0.1, 0.15) is 4.90 Å². The van der Waals surface area contributed by atoms with Crippen molar-refractivity contribution < 1.29 is 13.2 Å². The predicted octanol–water partition coefficient (Wildman–Crippen LogP) is 1.69. The second kappa shape index (κ2) is 9.59. The number of carbonyl (C=O) groups excluding carboxylic acids is 1. The Morgan fingerprint density at radius 2 is 1.81 bits per heavy atom. The zero-order valence-corrected chi connectivity index (χ0v) is 16.4. The van der Waals surface area contributed by atoms with Crippen molar-refractivity contribution in [2.75, 3.05) is 13.1 Å². The molecule has 0 aliphatic heterocycles. The highest BCUT2D eigenvalue weighted by molar-refractivity contribution is 7.89. The Hall–Kier alpha value is -2.29. The van der Waals surface area contributed by atoms with Gasteiger partial charge in [0.2, 0.25) is 15.9 Å². The summed E-state index contributed by atoms with van der Waals surface area (Å²) in [6.07, 6.45) is 2.77. The summed E-state index contributed by atoms with van der Waals surface area (Å²) in [6, 6.07) is 10.7.